The summed E-state index contributed by atoms with van der Waals surface area (Å²) < 4.78 is 57.2. The topological polar surface area (TPSA) is 92.8 Å². The first-order valence-electron chi connectivity index (χ1n) is 10.5. The van der Waals surface area contributed by atoms with Crippen molar-refractivity contribution < 1.29 is 21.6 Å². The third-order valence-corrected chi connectivity index (χ3v) is 10.7. The van der Waals surface area contributed by atoms with Gasteiger partial charge in [0.05, 0.1) is 28.8 Å². The lowest BCUT2D eigenvalue weighted by atomic mass is 10.0. The van der Waals surface area contributed by atoms with E-state index in [1.54, 1.807) is 33.1 Å². The molecule has 3 rings (SSSR count). The van der Waals surface area contributed by atoms with Gasteiger partial charge in [-0.1, -0.05) is 0 Å². The maximum absolute atomic E-state index is 13.5. The van der Waals surface area contributed by atoms with Crippen LogP contribution in [0.25, 0.3) is 0 Å². The van der Waals surface area contributed by atoms with Crippen LogP contribution in [0.3, 0.4) is 0 Å². The number of hydrogen-bond donors (Lipinski definition) is 1. The molecule has 1 N–H and O–H groups in total. The fraction of sp³-hybridized carbons (Fsp3) is 0.714. The zero-order chi connectivity index (χ0) is 22.3. The number of ether oxygens (including phenoxy) is 1. The first-order chi connectivity index (χ1) is 13.9. The van der Waals surface area contributed by atoms with E-state index in [1.807, 2.05) is 0 Å². The van der Waals surface area contributed by atoms with E-state index in [0.717, 1.165) is 25.9 Å². The molecule has 2 heterocycles. The summed E-state index contributed by atoms with van der Waals surface area (Å²) in [6, 6.07) is 2.67. The number of aryl methyl sites for hydroxylation is 2. The molecule has 1 aromatic rings. The molecule has 0 aliphatic carbocycles. The molecule has 9 heteroatoms. The van der Waals surface area contributed by atoms with Gasteiger partial charge in [0.2, 0.25) is 0 Å². The smallest absolute Gasteiger partial charge is 0.184 e. The summed E-state index contributed by atoms with van der Waals surface area (Å²) in [6.07, 6.45) is 2.32. The summed E-state index contributed by atoms with van der Waals surface area (Å²) in [7, 11) is -5.73. The van der Waals surface area contributed by atoms with E-state index in [2.05, 4.69) is 24.1 Å². The molecule has 2 atom stereocenters. The molecule has 30 heavy (non-hydrogen) atoms. The van der Waals surface area contributed by atoms with Crippen LogP contribution in [0.1, 0.15) is 37.8 Å². The fourth-order valence-corrected chi connectivity index (χ4v) is 9.61. The van der Waals surface area contributed by atoms with E-state index in [1.165, 1.54) is 0 Å². The Morgan fingerprint density at radius 1 is 1.13 bits per heavy atom. The molecule has 0 bridgehead atoms. The molecule has 2 aliphatic rings. The number of likely N-dealkylation sites (tertiary alicyclic amines) is 1. The summed E-state index contributed by atoms with van der Waals surface area (Å²) in [5, 5.41) is 2.32. The first kappa shape index (κ1) is 23.5. The molecule has 0 amide bonds. The number of sulfone groups is 2. The van der Waals surface area contributed by atoms with Crippen LogP contribution in [-0.2, 0) is 19.7 Å². The van der Waals surface area contributed by atoms with E-state index in [9.17, 15) is 16.8 Å². The number of benzene rings is 1. The van der Waals surface area contributed by atoms with Crippen LogP contribution < -0.4 is 10.1 Å². The van der Waals surface area contributed by atoms with Crippen molar-refractivity contribution in [2.75, 3.05) is 38.2 Å². The Bertz CT molecular complexity index is 996. The zero-order valence-electron chi connectivity index (χ0n) is 18.6. The summed E-state index contributed by atoms with van der Waals surface area (Å²) in [6.45, 7) is 10.3. The second kappa shape index (κ2) is 8.41. The largest absolute Gasteiger partial charge is 0.496 e. The Kier molecular flexibility index (Phi) is 6.59. The highest BCUT2D eigenvalue weighted by Crippen LogP contribution is 2.32. The van der Waals surface area contributed by atoms with E-state index in [0.29, 0.717) is 23.4 Å². The van der Waals surface area contributed by atoms with E-state index in [-0.39, 0.29) is 21.9 Å². The third-order valence-electron chi connectivity index (χ3n) is 6.46. The Morgan fingerprint density at radius 3 is 2.37 bits per heavy atom. The second-order valence-electron chi connectivity index (χ2n) is 9.24. The van der Waals surface area contributed by atoms with Crippen LogP contribution in [0.4, 0.5) is 0 Å². The minimum atomic E-state index is -3.83. The molecular weight excluding hydrogens is 424 g/mol. The summed E-state index contributed by atoms with van der Waals surface area (Å²) >= 11 is 0. The van der Waals surface area contributed by atoms with E-state index >= 15 is 0 Å². The average Bonchev–Trinajstić information content (AvgIpc) is 3.30. The van der Waals surface area contributed by atoms with Crippen LogP contribution in [0.5, 0.6) is 5.75 Å². The van der Waals surface area contributed by atoms with Gasteiger partial charge < -0.3 is 10.1 Å². The third kappa shape index (κ3) is 4.69. The maximum Gasteiger partial charge on any atom is 0.184 e. The van der Waals surface area contributed by atoms with Gasteiger partial charge in [0, 0.05) is 18.1 Å². The number of hydrogen-bond acceptors (Lipinski definition) is 7. The van der Waals surface area contributed by atoms with Crippen molar-refractivity contribution in [1.29, 1.82) is 0 Å². The Hall–Kier alpha value is -1.16. The summed E-state index contributed by atoms with van der Waals surface area (Å²) in [5.74, 6) is 0.121. The van der Waals surface area contributed by atoms with E-state index < -0.39 is 31.0 Å². The SMILES string of the molecule is COc1cc(C)c(S(=O)(=O)[C@H]2CS(=O)(=O)C[C@@H]2NCC(C)(C)N2CCCC2)cc1C. The molecule has 0 spiro atoms. The second-order valence-corrected chi connectivity index (χ2v) is 13.5. The molecule has 170 valence electrons. The number of methoxy groups -OCH3 is 1. The van der Waals surface area contributed by atoms with Gasteiger partial charge in [0.15, 0.2) is 19.7 Å². The van der Waals surface area contributed by atoms with Crippen LogP contribution >= 0.6 is 0 Å². The molecule has 1 aromatic carbocycles. The van der Waals surface area contributed by atoms with Crippen LogP contribution in [0.2, 0.25) is 0 Å². The summed E-state index contributed by atoms with van der Waals surface area (Å²) in [4.78, 5) is 2.57. The van der Waals surface area contributed by atoms with Crippen LogP contribution in [0, 0.1) is 13.8 Å². The van der Waals surface area contributed by atoms with Crippen molar-refractivity contribution in [1.82, 2.24) is 10.2 Å². The van der Waals surface area contributed by atoms with Crippen molar-refractivity contribution in [3.63, 3.8) is 0 Å². The lowest BCUT2D eigenvalue weighted by Crippen LogP contribution is -2.54. The van der Waals surface area contributed by atoms with Crippen molar-refractivity contribution in [2.24, 2.45) is 0 Å². The highest BCUT2D eigenvalue weighted by atomic mass is 32.2. The molecule has 0 saturated carbocycles. The fourth-order valence-electron chi connectivity index (χ4n) is 4.58. The molecule has 0 aromatic heterocycles. The Morgan fingerprint density at radius 2 is 1.77 bits per heavy atom. The molecule has 2 aliphatic heterocycles. The highest BCUT2D eigenvalue weighted by Gasteiger charge is 2.46. The van der Waals surface area contributed by atoms with Crippen molar-refractivity contribution in [3.05, 3.63) is 23.3 Å². The number of nitrogens with one attached hydrogen (secondary N) is 1. The van der Waals surface area contributed by atoms with Gasteiger partial charge in [-0.3, -0.25) is 4.90 Å². The van der Waals surface area contributed by atoms with Gasteiger partial charge in [-0.15, -0.1) is 0 Å². The minimum Gasteiger partial charge on any atom is -0.496 e. The Balaban J connectivity index is 1.87. The zero-order valence-corrected chi connectivity index (χ0v) is 20.2. The van der Waals surface area contributed by atoms with Crippen molar-refractivity contribution in [2.45, 2.75) is 62.3 Å². The predicted molar refractivity (Wildman–Crippen MR) is 119 cm³/mol. The maximum atomic E-state index is 13.5. The number of rotatable bonds is 7. The van der Waals surface area contributed by atoms with Gasteiger partial charge in [-0.25, -0.2) is 16.8 Å². The monoisotopic (exact) mass is 458 g/mol. The first-order valence-corrected chi connectivity index (χ1v) is 13.8. The molecule has 2 saturated heterocycles. The van der Waals surface area contributed by atoms with Crippen LogP contribution in [-0.4, -0.2) is 76.8 Å². The van der Waals surface area contributed by atoms with Gasteiger partial charge in [0.1, 0.15) is 5.75 Å². The standard InChI is InChI=1S/C21H34N2O5S2/c1-15-11-19(16(2)10-18(15)28-5)30(26,27)20-13-29(24,25)12-17(20)22-14-21(3,4)23-8-6-7-9-23/h10-11,17,20,22H,6-9,12-14H2,1-5H3/t17-,20-/m0/s1. The normalized spacial score (nSPS) is 25.0. The molecule has 0 radical (unpaired) electrons. The number of nitrogens with zero attached hydrogens (tertiary/aromatic N) is 1. The Labute approximate surface area is 181 Å². The molecule has 2 fully saturated rings. The average molecular weight is 459 g/mol. The molecule has 0 unspecified atom stereocenters. The van der Waals surface area contributed by atoms with Gasteiger partial charge >= 0.3 is 0 Å². The van der Waals surface area contributed by atoms with Crippen molar-refractivity contribution >= 4 is 19.7 Å². The molecule has 7 nitrogen and oxygen atoms in total. The quantitative estimate of drug-likeness (QED) is 0.665. The lowest BCUT2D eigenvalue weighted by Gasteiger charge is -2.37. The van der Waals surface area contributed by atoms with Gasteiger partial charge in [-0.2, -0.15) is 0 Å². The van der Waals surface area contributed by atoms with Gasteiger partial charge in [-0.05, 0) is 76.9 Å². The highest BCUT2D eigenvalue weighted by molar-refractivity contribution is 7.96. The van der Waals surface area contributed by atoms with E-state index in [4.69, 9.17) is 4.74 Å². The van der Waals surface area contributed by atoms with Crippen molar-refractivity contribution in [3.8, 4) is 5.75 Å². The minimum absolute atomic E-state index is 0.152. The lowest BCUT2D eigenvalue weighted by molar-refractivity contribution is 0.148. The predicted octanol–water partition coefficient (Wildman–Crippen LogP) is 1.72. The van der Waals surface area contributed by atoms with Crippen LogP contribution in [0.15, 0.2) is 17.0 Å². The summed E-state index contributed by atoms with van der Waals surface area (Å²) in [5.41, 5.74) is 1.11. The molecular formula is C21H34N2O5S2. The van der Waals surface area contributed by atoms with Gasteiger partial charge in [0.25, 0.3) is 0 Å².